The molecule has 0 aliphatic rings. The molecule has 0 amide bonds. The standard InChI is InChI=1S/C35H32BF18NO6/c1-6-55(35(57-8-3,58-9-4)18(5)56-7-2)28-26(34(52,53)54)16-23(33(49,50)51)17-27(28)61-36(59-24-12-19(29(37,38)39)10-20(13-24)30(40,41)42)60-25-14-21(31(43,44)45)11-22(15-25)32(46,47)48/h10-18H,6-9H2,1-5H3. The van der Waals surface area contributed by atoms with Crippen LogP contribution in [0.25, 0.3) is 0 Å². The van der Waals surface area contributed by atoms with Crippen LogP contribution >= 0.6 is 0 Å². The first-order chi connectivity index (χ1) is 27.7. The Morgan fingerprint density at radius 1 is 0.475 bits per heavy atom. The van der Waals surface area contributed by atoms with Crippen molar-refractivity contribution in [2.75, 3.05) is 31.3 Å². The predicted molar refractivity (Wildman–Crippen MR) is 177 cm³/mol. The molecule has 0 saturated carbocycles. The van der Waals surface area contributed by atoms with Gasteiger partial charge < -0.3 is 33.1 Å². The van der Waals surface area contributed by atoms with Gasteiger partial charge in [-0.15, -0.1) is 0 Å². The zero-order valence-electron chi connectivity index (χ0n) is 31.8. The number of likely N-dealkylation sites (N-methyl/N-ethyl adjacent to an activating group) is 1. The van der Waals surface area contributed by atoms with E-state index in [1.807, 2.05) is 0 Å². The first kappa shape index (κ1) is 50.9. The van der Waals surface area contributed by atoms with Crippen LogP contribution in [-0.4, -0.2) is 45.7 Å². The van der Waals surface area contributed by atoms with E-state index in [0.29, 0.717) is 4.90 Å². The smallest absolute Gasteiger partial charge is 0.490 e. The summed E-state index contributed by atoms with van der Waals surface area (Å²) in [5.41, 5.74) is -14.5. The molecule has 3 aromatic rings. The van der Waals surface area contributed by atoms with E-state index in [1.165, 1.54) is 27.7 Å². The maximum atomic E-state index is 15.0. The topological polar surface area (TPSA) is 58.6 Å². The molecule has 3 rings (SSSR count). The molecule has 0 N–H and O–H groups in total. The first-order valence-electron chi connectivity index (χ1n) is 17.3. The van der Waals surface area contributed by atoms with E-state index in [9.17, 15) is 65.9 Å². The van der Waals surface area contributed by atoms with Gasteiger partial charge in [-0.25, -0.2) is 0 Å². The summed E-state index contributed by atoms with van der Waals surface area (Å²) in [5.74, 6) is -7.60. The number of anilines is 1. The average Bonchev–Trinajstić information content (AvgIpc) is 3.09. The van der Waals surface area contributed by atoms with Crippen molar-refractivity contribution in [1.82, 2.24) is 0 Å². The molecular weight excluding hydrogens is 883 g/mol. The third kappa shape index (κ3) is 12.6. The van der Waals surface area contributed by atoms with Gasteiger partial charge in [0.15, 0.2) is 0 Å². The first-order valence-corrected chi connectivity index (χ1v) is 17.3. The van der Waals surface area contributed by atoms with Crippen LogP contribution in [0.1, 0.15) is 68.0 Å². The van der Waals surface area contributed by atoms with Crippen molar-refractivity contribution in [2.24, 2.45) is 0 Å². The molecule has 1 atom stereocenters. The van der Waals surface area contributed by atoms with Gasteiger partial charge in [0.25, 0.3) is 5.91 Å². The number of hydrogen-bond acceptors (Lipinski definition) is 7. The van der Waals surface area contributed by atoms with E-state index >= 15 is 13.2 Å². The molecule has 0 saturated heterocycles. The van der Waals surface area contributed by atoms with Crippen LogP contribution in [0, 0.1) is 0 Å². The Labute approximate surface area is 334 Å². The van der Waals surface area contributed by atoms with E-state index in [0.717, 1.165) is 6.92 Å². The van der Waals surface area contributed by atoms with Crippen LogP contribution in [0.2, 0.25) is 0 Å². The fourth-order valence-corrected chi connectivity index (χ4v) is 5.70. The quantitative estimate of drug-likeness (QED) is 0.0806. The van der Waals surface area contributed by atoms with Crippen LogP contribution in [0.4, 0.5) is 84.7 Å². The Hall–Kier alpha value is -4.46. The van der Waals surface area contributed by atoms with Gasteiger partial charge in [0.1, 0.15) is 23.4 Å². The minimum absolute atomic E-state index is 0.193. The second-order valence-corrected chi connectivity index (χ2v) is 12.3. The molecule has 1 unspecified atom stereocenters. The molecule has 342 valence electrons. The molecule has 61 heavy (non-hydrogen) atoms. The Bertz CT molecular complexity index is 1800. The lowest BCUT2D eigenvalue weighted by Gasteiger charge is -2.47. The average molecular weight is 915 g/mol. The third-order valence-electron chi connectivity index (χ3n) is 8.11. The number of halogens is 18. The maximum absolute atomic E-state index is 15.0. The highest BCUT2D eigenvalue weighted by molar-refractivity contribution is 6.39. The fourth-order valence-electron chi connectivity index (χ4n) is 5.70. The Kier molecular flexibility index (Phi) is 15.4. The van der Waals surface area contributed by atoms with Crippen molar-refractivity contribution in [2.45, 2.75) is 83.7 Å². The Morgan fingerprint density at radius 2 is 0.836 bits per heavy atom. The van der Waals surface area contributed by atoms with Gasteiger partial charge in [0.05, 0.1) is 39.1 Å². The molecule has 26 heteroatoms. The highest BCUT2D eigenvalue weighted by Gasteiger charge is 2.51. The molecule has 0 fully saturated rings. The second kappa shape index (κ2) is 18.5. The van der Waals surface area contributed by atoms with Gasteiger partial charge in [-0.1, -0.05) is 0 Å². The SMILES string of the molecule is CCOC(C)C(OCC)(OCC)N(CC)c1c(OB(Oc2cc(C(F)(F)F)cc(C(F)(F)F)c2)Oc2cc(C(F)(F)F)cc(C(F)(F)F)c2)cc(C(F)(F)F)cc1C(F)(F)F. The Balaban J connectivity index is 2.57. The minimum Gasteiger partial charge on any atom is -0.490 e. The lowest BCUT2D eigenvalue weighted by molar-refractivity contribution is -0.284. The summed E-state index contributed by atoms with van der Waals surface area (Å²) in [7, 11) is -3.41. The zero-order valence-corrected chi connectivity index (χ0v) is 31.8. The maximum Gasteiger partial charge on any atom is 0.864 e. The zero-order chi connectivity index (χ0) is 46.7. The number of nitrogens with zero attached hydrogens (tertiary/aromatic N) is 1. The van der Waals surface area contributed by atoms with E-state index in [4.69, 9.17) is 28.2 Å². The highest BCUT2D eigenvalue weighted by Crippen LogP contribution is 2.49. The molecule has 7 nitrogen and oxygen atoms in total. The van der Waals surface area contributed by atoms with E-state index in [2.05, 4.69) is 0 Å². The molecule has 3 aromatic carbocycles. The van der Waals surface area contributed by atoms with Gasteiger partial charge >= 0.3 is 44.4 Å². The summed E-state index contributed by atoms with van der Waals surface area (Å²) in [6.45, 7) is 4.55. The lowest BCUT2D eigenvalue weighted by Crippen LogP contribution is -2.61. The summed E-state index contributed by atoms with van der Waals surface area (Å²) in [6, 6.07) is -2.39. The van der Waals surface area contributed by atoms with E-state index < -0.39 is 151 Å². The summed E-state index contributed by atoms with van der Waals surface area (Å²) in [4.78, 5) is 0.508. The van der Waals surface area contributed by atoms with Crippen molar-refractivity contribution < 1.29 is 107 Å². The van der Waals surface area contributed by atoms with Gasteiger partial charge in [-0.05, 0) is 83.1 Å². The van der Waals surface area contributed by atoms with Crippen molar-refractivity contribution in [1.29, 1.82) is 0 Å². The molecule has 0 spiro atoms. The number of ether oxygens (including phenoxy) is 3. The number of benzene rings is 3. The highest BCUT2D eigenvalue weighted by atomic mass is 19.4. The number of alkyl halides is 18. The second-order valence-electron chi connectivity index (χ2n) is 12.3. The molecule has 0 heterocycles. The largest absolute Gasteiger partial charge is 0.864 e. The van der Waals surface area contributed by atoms with E-state index in [1.54, 1.807) is 0 Å². The third-order valence-corrected chi connectivity index (χ3v) is 8.11. The van der Waals surface area contributed by atoms with Crippen LogP contribution in [0.3, 0.4) is 0 Å². The van der Waals surface area contributed by atoms with Crippen LogP contribution in [0.15, 0.2) is 48.5 Å². The van der Waals surface area contributed by atoms with Gasteiger partial charge in [0, 0.05) is 26.4 Å². The van der Waals surface area contributed by atoms with Gasteiger partial charge in [-0.3, -0.25) is 0 Å². The number of rotatable bonds is 16. The summed E-state index contributed by atoms with van der Waals surface area (Å²) >= 11 is 0. The fraction of sp³-hybridized carbons (Fsp3) is 0.486. The normalized spacial score (nSPS) is 13.9. The molecular formula is C35H32BF18NO6. The predicted octanol–water partition coefficient (Wildman–Crippen LogP) is 12.3. The summed E-state index contributed by atoms with van der Waals surface area (Å²) < 4.78 is 285. The van der Waals surface area contributed by atoms with Crippen molar-refractivity contribution in [3.8, 4) is 17.2 Å². The minimum atomic E-state index is -5.83. The van der Waals surface area contributed by atoms with Crippen LogP contribution in [0.5, 0.6) is 17.2 Å². The van der Waals surface area contributed by atoms with Crippen molar-refractivity contribution in [3.05, 3.63) is 81.9 Å². The summed E-state index contributed by atoms with van der Waals surface area (Å²) in [5, 5.41) is 0. The number of hydrogen-bond donors (Lipinski definition) is 0. The van der Waals surface area contributed by atoms with Crippen LogP contribution in [-0.2, 0) is 51.3 Å². The Morgan fingerprint density at radius 3 is 1.13 bits per heavy atom. The molecule has 0 aromatic heterocycles. The monoisotopic (exact) mass is 915 g/mol. The van der Waals surface area contributed by atoms with Gasteiger partial charge in [-0.2, -0.15) is 79.0 Å². The molecule has 0 bridgehead atoms. The molecule has 0 aliphatic heterocycles. The van der Waals surface area contributed by atoms with Crippen molar-refractivity contribution in [3.63, 3.8) is 0 Å². The van der Waals surface area contributed by atoms with Gasteiger partial charge in [0.2, 0.25) is 0 Å². The molecule has 0 aliphatic carbocycles. The van der Waals surface area contributed by atoms with Crippen molar-refractivity contribution >= 4 is 13.0 Å². The lowest BCUT2D eigenvalue weighted by atomic mass is 10.0. The summed E-state index contributed by atoms with van der Waals surface area (Å²) in [6.07, 6.45) is -35.5. The van der Waals surface area contributed by atoms with E-state index in [-0.39, 0.29) is 36.9 Å². The van der Waals surface area contributed by atoms with Crippen LogP contribution < -0.4 is 18.9 Å². The molecule has 0 radical (unpaired) electrons.